The first-order valence-corrected chi connectivity index (χ1v) is 11.5. The minimum absolute atomic E-state index is 0.144. The Kier molecular flexibility index (Phi) is 7.47. The van der Waals surface area contributed by atoms with Crippen molar-refractivity contribution in [2.45, 2.75) is 31.7 Å². The van der Waals surface area contributed by atoms with Gasteiger partial charge in [-0.2, -0.15) is 0 Å². The summed E-state index contributed by atoms with van der Waals surface area (Å²) >= 11 is 5.23. The van der Waals surface area contributed by atoms with Gasteiger partial charge in [0.1, 0.15) is 12.7 Å². The SMILES string of the molecule is Cc1cn([C@H]2C=C[C@@H](CO[P+](=S)Oc3ccc(C[C@H](N)C(N)=O)cc3)O2)c(=O)[nH]c1=O. The monoisotopic (exact) mass is 465 g/mol. The molecule has 2 heterocycles. The first-order valence-electron chi connectivity index (χ1n) is 9.31. The summed E-state index contributed by atoms with van der Waals surface area (Å²) in [6.07, 6.45) is 4.18. The summed E-state index contributed by atoms with van der Waals surface area (Å²) in [5.74, 6) is -0.0395. The molecule has 0 saturated heterocycles. The van der Waals surface area contributed by atoms with Crippen molar-refractivity contribution < 1.29 is 18.6 Å². The Morgan fingerprint density at radius 1 is 1.32 bits per heavy atom. The molecule has 31 heavy (non-hydrogen) atoms. The van der Waals surface area contributed by atoms with Gasteiger partial charge in [-0.15, -0.1) is 4.52 Å². The average Bonchev–Trinajstić information content (AvgIpc) is 3.19. The molecule has 1 amide bonds. The van der Waals surface area contributed by atoms with Crippen LogP contribution in [0.4, 0.5) is 0 Å². The van der Waals surface area contributed by atoms with E-state index in [4.69, 9.17) is 37.1 Å². The van der Waals surface area contributed by atoms with Gasteiger partial charge >= 0.3 is 12.8 Å². The van der Waals surface area contributed by atoms with Gasteiger partial charge in [0.05, 0.1) is 6.04 Å². The molecule has 0 aliphatic carbocycles. The number of aromatic amines is 1. The maximum Gasteiger partial charge on any atom is 0.573 e. The molecule has 3 rings (SSSR count). The summed E-state index contributed by atoms with van der Waals surface area (Å²) in [5.41, 5.74) is 11.1. The number of hydrogen-bond acceptors (Lipinski definition) is 8. The highest BCUT2D eigenvalue weighted by molar-refractivity contribution is 8.00. The first-order chi connectivity index (χ1) is 14.7. The summed E-state index contributed by atoms with van der Waals surface area (Å²) in [6, 6.07) is 6.22. The molecular formula is C19H22N4O6PS+. The van der Waals surface area contributed by atoms with E-state index in [1.807, 2.05) is 0 Å². The van der Waals surface area contributed by atoms with Crippen LogP contribution in [0.1, 0.15) is 17.4 Å². The second-order valence-corrected chi connectivity index (χ2v) is 8.68. The second-order valence-electron chi connectivity index (χ2n) is 6.90. The van der Waals surface area contributed by atoms with Crippen LogP contribution >= 0.6 is 7.15 Å². The van der Waals surface area contributed by atoms with Gasteiger partial charge in [0.15, 0.2) is 12.0 Å². The number of rotatable bonds is 9. The van der Waals surface area contributed by atoms with Crippen molar-refractivity contribution >= 4 is 24.9 Å². The van der Waals surface area contributed by atoms with Crippen molar-refractivity contribution in [1.82, 2.24) is 9.55 Å². The van der Waals surface area contributed by atoms with Gasteiger partial charge in [0.2, 0.25) is 17.7 Å². The standard InChI is InChI=1S/C19H21N4O6PS/c1-11-9-23(19(26)22-18(11)25)16-7-6-14(28-16)10-27-30(31)29-13-4-2-12(3-5-13)8-15(20)17(21)24/h2-7,9,14-16H,8,10,20H2,1H3,(H2-,21,22,24,25,26)/p+1/t14-,15-,16+/m0/s1. The van der Waals surface area contributed by atoms with Crippen molar-refractivity contribution in [3.63, 3.8) is 0 Å². The first kappa shape index (κ1) is 23.0. The predicted molar refractivity (Wildman–Crippen MR) is 117 cm³/mol. The lowest BCUT2D eigenvalue weighted by molar-refractivity contribution is -0.119. The third-order valence-corrected chi connectivity index (χ3v) is 5.75. The van der Waals surface area contributed by atoms with Crippen LogP contribution in [0.5, 0.6) is 5.75 Å². The third kappa shape index (κ3) is 6.16. The van der Waals surface area contributed by atoms with Crippen molar-refractivity contribution in [1.29, 1.82) is 0 Å². The highest BCUT2D eigenvalue weighted by Crippen LogP contribution is 2.30. The molecule has 10 nitrogen and oxygen atoms in total. The summed E-state index contributed by atoms with van der Waals surface area (Å²) < 4.78 is 18.2. The van der Waals surface area contributed by atoms with Crippen LogP contribution in [0, 0.1) is 6.92 Å². The van der Waals surface area contributed by atoms with E-state index < -0.39 is 42.7 Å². The molecule has 0 fully saturated rings. The van der Waals surface area contributed by atoms with Crippen LogP contribution in [0.25, 0.3) is 0 Å². The highest BCUT2D eigenvalue weighted by atomic mass is 32.4. The molecule has 4 atom stereocenters. The van der Waals surface area contributed by atoms with Gasteiger partial charge in [-0.1, -0.05) is 18.2 Å². The number of benzene rings is 1. The van der Waals surface area contributed by atoms with E-state index in [-0.39, 0.29) is 6.61 Å². The lowest BCUT2D eigenvalue weighted by Crippen LogP contribution is -2.38. The van der Waals surface area contributed by atoms with Crippen LogP contribution in [0.15, 0.2) is 52.2 Å². The summed E-state index contributed by atoms with van der Waals surface area (Å²) in [7, 11) is -1.64. The summed E-state index contributed by atoms with van der Waals surface area (Å²) in [5, 5.41) is 0. The molecule has 1 unspecified atom stereocenters. The molecular weight excluding hydrogens is 443 g/mol. The molecule has 1 aromatic heterocycles. The summed E-state index contributed by atoms with van der Waals surface area (Å²) in [6.45, 7) is 1.75. The van der Waals surface area contributed by atoms with Gasteiger partial charge in [0.25, 0.3) is 5.56 Å². The zero-order valence-electron chi connectivity index (χ0n) is 16.6. The van der Waals surface area contributed by atoms with Gasteiger partial charge in [-0.05, 0) is 37.1 Å². The van der Waals surface area contributed by atoms with E-state index in [2.05, 4.69) is 4.98 Å². The maximum absolute atomic E-state index is 12.0. The Labute approximate surface area is 183 Å². The van der Waals surface area contributed by atoms with Crippen molar-refractivity contribution in [3.05, 3.63) is 74.6 Å². The molecule has 1 aliphatic heterocycles. The molecule has 0 saturated carbocycles. The largest absolute Gasteiger partial charge is 0.573 e. The number of primary amides is 1. The number of nitrogens with one attached hydrogen (secondary N) is 1. The number of carbonyl (C=O) groups excluding carboxylic acids is 1. The molecule has 1 aliphatic rings. The number of hydrogen-bond donors (Lipinski definition) is 3. The Bertz CT molecular complexity index is 1110. The fraction of sp³-hybridized carbons (Fsp3) is 0.316. The number of ether oxygens (including phenoxy) is 1. The lowest BCUT2D eigenvalue weighted by Gasteiger charge is -2.15. The number of H-pyrrole nitrogens is 1. The molecule has 0 radical (unpaired) electrons. The van der Waals surface area contributed by atoms with E-state index in [0.29, 0.717) is 17.7 Å². The van der Waals surface area contributed by atoms with E-state index in [0.717, 1.165) is 5.56 Å². The number of carbonyl (C=O) groups is 1. The van der Waals surface area contributed by atoms with E-state index in [1.54, 1.807) is 43.3 Å². The Hall–Kier alpha value is -2.69. The number of amides is 1. The minimum Gasteiger partial charge on any atom is -0.368 e. The van der Waals surface area contributed by atoms with Crippen molar-refractivity contribution in [3.8, 4) is 5.75 Å². The Balaban J connectivity index is 1.48. The van der Waals surface area contributed by atoms with Crippen molar-refractivity contribution in [2.75, 3.05) is 6.61 Å². The Morgan fingerprint density at radius 3 is 2.71 bits per heavy atom. The minimum atomic E-state index is -1.64. The maximum atomic E-state index is 12.0. The third-order valence-electron chi connectivity index (χ3n) is 4.49. The number of nitrogens with two attached hydrogens (primary N) is 2. The van der Waals surface area contributed by atoms with Crippen LogP contribution < -0.4 is 27.2 Å². The quantitative estimate of drug-likeness (QED) is 0.358. The zero-order valence-corrected chi connectivity index (χ0v) is 18.3. The van der Waals surface area contributed by atoms with E-state index in [1.165, 1.54) is 10.8 Å². The predicted octanol–water partition coefficient (Wildman–Crippen LogP) is 0.523. The van der Waals surface area contributed by atoms with Crippen LogP contribution in [-0.2, 0) is 32.3 Å². The zero-order chi connectivity index (χ0) is 22.5. The lowest BCUT2D eigenvalue weighted by atomic mass is 10.1. The van der Waals surface area contributed by atoms with Crippen LogP contribution in [0.2, 0.25) is 0 Å². The molecule has 1 aromatic carbocycles. The number of aromatic nitrogens is 2. The Morgan fingerprint density at radius 2 is 2.03 bits per heavy atom. The molecule has 2 aromatic rings. The normalized spacial score (nSPS) is 19.2. The van der Waals surface area contributed by atoms with Crippen LogP contribution in [-0.4, -0.2) is 34.2 Å². The van der Waals surface area contributed by atoms with Crippen molar-refractivity contribution in [2.24, 2.45) is 11.5 Å². The molecule has 164 valence electrons. The van der Waals surface area contributed by atoms with E-state index >= 15 is 0 Å². The number of aryl methyl sites for hydroxylation is 1. The molecule has 0 bridgehead atoms. The van der Waals surface area contributed by atoms with Gasteiger partial charge in [-0.25, -0.2) is 4.79 Å². The molecule has 0 spiro atoms. The smallest absolute Gasteiger partial charge is 0.368 e. The highest BCUT2D eigenvalue weighted by Gasteiger charge is 2.26. The second kappa shape index (κ2) is 10.1. The van der Waals surface area contributed by atoms with Gasteiger partial charge < -0.3 is 16.2 Å². The topological polar surface area (TPSA) is 152 Å². The summed E-state index contributed by atoms with van der Waals surface area (Å²) in [4.78, 5) is 36.7. The number of nitrogens with zero attached hydrogens (tertiary/aromatic N) is 1. The van der Waals surface area contributed by atoms with Gasteiger partial charge in [0, 0.05) is 11.8 Å². The molecule has 5 N–H and O–H groups in total. The fourth-order valence-electron chi connectivity index (χ4n) is 2.80. The van der Waals surface area contributed by atoms with Crippen LogP contribution in [0.3, 0.4) is 0 Å². The van der Waals surface area contributed by atoms with Gasteiger partial charge in [-0.3, -0.25) is 23.7 Å². The molecule has 12 heteroatoms. The average molecular weight is 465 g/mol. The fourth-order valence-corrected chi connectivity index (χ4v) is 3.86. The van der Waals surface area contributed by atoms with E-state index in [9.17, 15) is 14.4 Å².